The van der Waals surface area contributed by atoms with Crippen molar-refractivity contribution in [2.75, 3.05) is 11.4 Å². The molecule has 2 aliphatic heterocycles. The molecule has 1 atom stereocenters. The van der Waals surface area contributed by atoms with E-state index < -0.39 is 6.04 Å². The lowest BCUT2D eigenvalue weighted by Crippen LogP contribution is -2.45. The Balaban J connectivity index is 1.31. The number of hydrogen-bond donors (Lipinski definition) is 0. The van der Waals surface area contributed by atoms with Crippen molar-refractivity contribution in [1.82, 2.24) is 14.9 Å². The normalized spacial score (nSPS) is 16.5. The van der Waals surface area contributed by atoms with Gasteiger partial charge in [0.15, 0.2) is 5.78 Å². The van der Waals surface area contributed by atoms with Crippen molar-refractivity contribution in [3.8, 4) is 0 Å². The number of carbonyl (C=O) groups excluding carboxylic acids is 3. The number of amides is 2. The molecule has 2 aromatic carbocycles. The molecule has 6 rings (SSSR count). The van der Waals surface area contributed by atoms with E-state index >= 15 is 0 Å². The van der Waals surface area contributed by atoms with Crippen LogP contribution in [-0.2, 0) is 30.6 Å². The summed E-state index contributed by atoms with van der Waals surface area (Å²) in [5, 5.41) is 0.742. The molecular formula is C31H24Cl2N4O3. The summed E-state index contributed by atoms with van der Waals surface area (Å²) in [5.41, 5.74) is 3.83. The van der Waals surface area contributed by atoms with Gasteiger partial charge >= 0.3 is 0 Å². The molecule has 0 spiro atoms. The summed E-state index contributed by atoms with van der Waals surface area (Å²) in [7, 11) is 0. The Labute approximate surface area is 241 Å². The second-order valence-electron chi connectivity index (χ2n) is 9.93. The van der Waals surface area contributed by atoms with E-state index in [1.54, 1.807) is 64.7 Å². The topological polar surface area (TPSA) is 83.5 Å². The summed E-state index contributed by atoms with van der Waals surface area (Å²) in [6, 6.07) is 18.7. The summed E-state index contributed by atoms with van der Waals surface area (Å²) >= 11 is 12.8. The monoisotopic (exact) mass is 570 g/mol. The maximum atomic E-state index is 13.9. The SMILES string of the molecule is O=C1Cc2cc(Cl)ccc2C(=O)N(Cc2ccc(C(=O)N3CCc4cccnc43)c(Cl)c2)[C@@H]1Cc1ccccn1. The molecule has 0 bridgehead atoms. The van der Waals surface area contributed by atoms with Crippen molar-refractivity contribution in [3.63, 3.8) is 0 Å². The Morgan fingerprint density at radius 3 is 2.58 bits per heavy atom. The van der Waals surface area contributed by atoms with Crippen LogP contribution in [0.4, 0.5) is 5.82 Å². The van der Waals surface area contributed by atoms with Gasteiger partial charge in [-0.25, -0.2) is 4.98 Å². The number of nitrogens with zero attached hydrogens (tertiary/aromatic N) is 4. The van der Waals surface area contributed by atoms with Crippen LogP contribution in [-0.4, -0.2) is 45.1 Å². The molecule has 4 heterocycles. The van der Waals surface area contributed by atoms with Gasteiger partial charge in [-0.05, 0) is 71.6 Å². The molecule has 9 heteroatoms. The van der Waals surface area contributed by atoms with Crippen LogP contribution in [0.25, 0.3) is 0 Å². The van der Waals surface area contributed by atoms with Crippen molar-refractivity contribution in [3.05, 3.63) is 123 Å². The first-order chi connectivity index (χ1) is 19.4. The third-order valence-corrected chi connectivity index (χ3v) is 7.94. The van der Waals surface area contributed by atoms with Crippen molar-refractivity contribution in [2.24, 2.45) is 0 Å². The number of ketones is 1. The predicted molar refractivity (Wildman–Crippen MR) is 153 cm³/mol. The Kier molecular flexibility index (Phi) is 7.09. The molecule has 0 fully saturated rings. The lowest BCUT2D eigenvalue weighted by Gasteiger charge is -2.29. The van der Waals surface area contributed by atoms with Gasteiger partial charge in [0.2, 0.25) is 0 Å². The lowest BCUT2D eigenvalue weighted by molar-refractivity contribution is -0.122. The highest BCUT2D eigenvalue weighted by Crippen LogP contribution is 2.31. The summed E-state index contributed by atoms with van der Waals surface area (Å²) in [6.07, 6.45) is 4.44. The average molecular weight is 571 g/mol. The second kappa shape index (κ2) is 10.8. The Hall–Kier alpha value is -4.07. The van der Waals surface area contributed by atoms with Crippen LogP contribution in [0.1, 0.15) is 43.1 Å². The minimum absolute atomic E-state index is 0.0924. The minimum atomic E-state index is -0.735. The molecule has 0 unspecified atom stereocenters. The number of fused-ring (bicyclic) bond motifs is 2. The summed E-state index contributed by atoms with van der Waals surface area (Å²) in [4.78, 5) is 52.7. The van der Waals surface area contributed by atoms with Gasteiger partial charge in [0.05, 0.1) is 16.6 Å². The highest BCUT2D eigenvalue weighted by atomic mass is 35.5. The molecule has 200 valence electrons. The fraction of sp³-hybridized carbons (Fsp3) is 0.194. The van der Waals surface area contributed by atoms with Gasteiger partial charge in [0.1, 0.15) is 5.82 Å². The molecule has 7 nitrogen and oxygen atoms in total. The van der Waals surface area contributed by atoms with E-state index in [1.807, 2.05) is 24.3 Å². The third kappa shape index (κ3) is 4.98. The van der Waals surface area contributed by atoms with Crippen LogP contribution in [0.15, 0.2) is 79.1 Å². The van der Waals surface area contributed by atoms with Crippen LogP contribution >= 0.6 is 23.2 Å². The molecule has 40 heavy (non-hydrogen) atoms. The van der Waals surface area contributed by atoms with Gasteiger partial charge in [-0.1, -0.05) is 41.4 Å². The smallest absolute Gasteiger partial charge is 0.260 e. The summed E-state index contributed by atoms with van der Waals surface area (Å²) in [5.74, 6) is 0.0545. The molecule has 0 radical (unpaired) electrons. The molecule has 0 saturated heterocycles. The lowest BCUT2D eigenvalue weighted by atomic mass is 9.99. The van der Waals surface area contributed by atoms with Gasteiger partial charge in [-0.2, -0.15) is 0 Å². The maximum absolute atomic E-state index is 13.9. The van der Waals surface area contributed by atoms with E-state index in [0.29, 0.717) is 45.3 Å². The molecule has 2 aromatic heterocycles. The number of rotatable bonds is 5. The third-order valence-electron chi connectivity index (χ3n) is 7.39. The van der Waals surface area contributed by atoms with E-state index in [9.17, 15) is 14.4 Å². The number of anilines is 1. The zero-order valence-corrected chi connectivity index (χ0v) is 22.9. The predicted octanol–water partition coefficient (Wildman–Crippen LogP) is 5.37. The van der Waals surface area contributed by atoms with Gasteiger partial charge in [0, 0.05) is 54.6 Å². The van der Waals surface area contributed by atoms with Gasteiger partial charge < -0.3 is 4.90 Å². The Morgan fingerprint density at radius 2 is 1.77 bits per heavy atom. The fourth-order valence-corrected chi connectivity index (χ4v) is 5.87. The molecular weight excluding hydrogens is 547 g/mol. The minimum Gasteiger partial charge on any atom is -0.324 e. The van der Waals surface area contributed by atoms with Crippen molar-refractivity contribution < 1.29 is 14.4 Å². The quantitative estimate of drug-likeness (QED) is 0.322. The van der Waals surface area contributed by atoms with Crippen molar-refractivity contribution in [2.45, 2.75) is 31.8 Å². The van der Waals surface area contributed by atoms with Gasteiger partial charge in [-0.15, -0.1) is 0 Å². The zero-order valence-electron chi connectivity index (χ0n) is 21.4. The first-order valence-corrected chi connectivity index (χ1v) is 13.7. The molecule has 2 aliphatic rings. The van der Waals surface area contributed by atoms with Crippen LogP contribution in [0.2, 0.25) is 10.0 Å². The molecule has 4 aromatic rings. The first-order valence-electron chi connectivity index (χ1n) is 13.0. The number of aromatic nitrogens is 2. The number of pyridine rings is 2. The number of Topliss-reactive ketones (excluding diaryl/α,β-unsaturated/α-hetero) is 1. The standard InChI is InChI=1S/C31H24Cl2N4O3/c32-22-7-9-24-21(15-22)16-28(38)27(17-23-5-1-2-11-34-23)37(30(24)39)18-19-6-8-25(26(33)14-19)31(40)36-13-10-20-4-3-12-35-29(20)36/h1-9,11-12,14-15,27H,10,13,16-18H2/t27-/m1/s1. The number of halogens is 2. The van der Waals surface area contributed by atoms with E-state index in [0.717, 1.165) is 12.0 Å². The maximum Gasteiger partial charge on any atom is 0.260 e. The number of hydrogen-bond acceptors (Lipinski definition) is 5. The largest absolute Gasteiger partial charge is 0.324 e. The second-order valence-corrected chi connectivity index (χ2v) is 10.8. The van der Waals surface area contributed by atoms with Gasteiger partial charge in [0.25, 0.3) is 11.8 Å². The average Bonchev–Trinajstić information content (AvgIpc) is 3.36. The van der Waals surface area contributed by atoms with Crippen LogP contribution in [0.5, 0.6) is 0 Å². The van der Waals surface area contributed by atoms with Crippen molar-refractivity contribution in [1.29, 1.82) is 0 Å². The Bertz CT molecular complexity index is 1640. The van der Waals surface area contributed by atoms with Crippen LogP contribution < -0.4 is 4.90 Å². The highest BCUT2D eigenvalue weighted by Gasteiger charge is 2.36. The summed E-state index contributed by atoms with van der Waals surface area (Å²) in [6.45, 7) is 0.665. The van der Waals surface area contributed by atoms with E-state index in [-0.39, 0.29) is 42.0 Å². The van der Waals surface area contributed by atoms with Gasteiger partial charge in [-0.3, -0.25) is 24.3 Å². The number of carbonyl (C=O) groups is 3. The molecule has 0 saturated carbocycles. The molecule has 0 aliphatic carbocycles. The first kappa shape index (κ1) is 26.2. The molecule has 2 amide bonds. The highest BCUT2D eigenvalue weighted by molar-refractivity contribution is 6.34. The van der Waals surface area contributed by atoms with Crippen molar-refractivity contribution >= 4 is 46.6 Å². The zero-order chi connectivity index (χ0) is 27.8. The fourth-order valence-electron chi connectivity index (χ4n) is 5.39. The molecule has 0 N–H and O–H groups in total. The summed E-state index contributed by atoms with van der Waals surface area (Å²) < 4.78 is 0. The Morgan fingerprint density at radius 1 is 0.925 bits per heavy atom. The van der Waals surface area contributed by atoms with E-state index in [1.165, 1.54) is 0 Å². The van der Waals surface area contributed by atoms with E-state index in [4.69, 9.17) is 23.2 Å². The van der Waals surface area contributed by atoms with E-state index in [2.05, 4.69) is 9.97 Å². The van der Waals surface area contributed by atoms with Crippen LogP contribution in [0, 0.1) is 0 Å². The number of benzene rings is 2. The van der Waals surface area contributed by atoms with Crippen LogP contribution in [0.3, 0.4) is 0 Å².